The molecule has 0 bridgehead atoms. The van der Waals surface area contributed by atoms with Crippen LogP contribution in [0.4, 0.5) is 18.0 Å². The number of amides is 2. The standard InChI is InChI=1S/C23H15ClF3NO4S/c24-18-8-6-14(12-17(18)23(25,26)27)19-9-7-16(32-19)13-20-21(29)28(22(30)33-20)10-11-31-15-4-2-1-3-5-15/h1-9,12-13H,10-11H2/b20-13-. The maximum atomic E-state index is 13.1. The van der Waals surface area contributed by atoms with Crippen molar-refractivity contribution in [1.82, 2.24) is 4.90 Å². The fourth-order valence-corrected chi connectivity index (χ4v) is 4.14. The van der Waals surface area contributed by atoms with Crippen LogP contribution < -0.4 is 4.74 Å². The quantitative estimate of drug-likeness (QED) is 0.356. The molecule has 0 N–H and O–H groups in total. The predicted molar refractivity (Wildman–Crippen MR) is 119 cm³/mol. The number of hydrogen-bond acceptors (Lipinski definition) is 5. The van der Waals surface area contributed by atoms with Gasteiger partial charge < -0.3 is 9.15 Å². The number of rotatable bonds is 6. The van der Waals surface area contributed by atoms with Gasteiger partial charge in [0.1, 0.15) is 23.9 Å². The average Bonchev–Trinajstić information content (AvgIpc) is 3.34. The van der Waals surface area contributed by atoms with Gasteiger partial charge in [0.15, 0.2) is 0 Å². The van der Waals surface area contributed by atoms with Crippen molar-refractivity contribution in [3.63, 3.8) is 0 Å². The van der Waals surface area contributed by atoms with Gasteiger partial charge >= 0.3 is 6.18 Å². The molecule has 4 rings (SSSR count). The van der Waals surface area contributed by atoms with Crippen LogP contribution in [0.2, 0.25) is 5.02 Å². The minimum atomic E-state index is -4.61. The molecule has 0 radical (unpaired) electrons. The van der Waals surface area contributed by atoms with E-state index in [4.69, 9.17) is 20.8 Å². The topological polar surface area (TPSA) is 59.8 Å². The van der Waals surface area contributed by atoms with E-state index in [1.807, 2.05) is 18.2 Å². The summed E-state index contributed by atoms with van der Waals surface area (Å²) in [6.07, 6.45) is -3.22. The lowest BCUT2D eigenvalue weighted by molar-refractivity contribution is -0.137. The zero-order chi connectivity index (χ0) is 23.6. The van der Waals surface area contributed by atoms with Crippen LogP contribution in [0.1, 0.15) is 11.3 Å². The maximum absolute atomic E-state index is 13.1. The zero-order valence-electron chi connectivity index (χ0n) is 16.8. The molecule has 0 aliphatic carbocycles. The highest BCUT2D eigenvalue weighted by atomic mass is 35.5. The van der Waals surface area contributed by atoms with Gasteiger partial charge in [0, 0.05) is 11.6 Å². The van der Waals surface area contributed by atoms with E-state index >= 15 is 0 Å². The number of benzene rings is 2. The third-order valence-electron chi connectivity index (χ3n) is 4.66. The van der Waals surface area contributed by atoms with Crippen molar-refractivity contribution in [2.75, 3.05) is 13.2 Å². The molecule has 10 heteroatoms. The Hall–Kier alpha value is -3.17. The summed E-state index contributed by atoms with van der Waals surface area (Å²) in [5, 5.41) is -0.856. The largest absolute Gasteiger partial charge is 0.492 e. The highest BCUT2D eigenvalue weighted by Gasteiger charge is 2.35. The van der Waals surface area contributed by atoms with Crippen molar-refractivity contribution in [1.29, 1.82) is 0 Å². The summed E-state index contributed by atoms with van der Waals surface area (Å²) in [7, 11) is 0. The van der Waals surface area contributed by atoms with Crippen LogP contribution in [0.25, 0.3) is 17.4 Å². The van der Waals surface area contributed by atoms with Crippen LogP contribution in [-0.2, 0) is 11.0 Å². The zero-order valence-corrected chi connectivity index (χ0v) is 18.3. The molecule has 33 heavy (non-hydrogen) atoms. The van der Waals surface area contributed by atoms with Gasteiger partial charge in [0.2, 0.25) is 0 Å². The highest BCUT2D eigenvalue weighted by Crippen LogP contribution is 2.38. The number of furan rings is 1. The summed E-state index contributed by atoms with van der Waals surface area (Å²) in [6.45, 7) is 0.212. The molecule has 170 valence electrons. The number of ether oxygens (including phenoxy) is 1. The number of carbonyl (C=O) groups excluding carboxylic acids is 2. The molecule has 3 aromatic rings. The molecule has 0 spiro atoms. The summed E-state index contributed by atoms with van der Waals surface area (Å²) in [4.78, 5) is 26.1. The number of nitrogens with zero attached hydrogens (tertiary/aromatic N) is 1. The molecule has 0 unspecified atom stereocenters. The van der Waals surface area contributed by atoms with Crippen LogP contribution in [0.3, 0.4) is 0 Å². The molecule has 2 aromatic carbocycles. The number of thioether (sulfide) groups is 1. The maximum Gasteiger partial charge on any atom is 0.417 e. The van der Waals surface area contributed by atoms with Gasteiger partial charge in [-0.1, -0.05) is 29.8 Å². The van der Waals surface area contributed by atoms with Crippen molar-refractivity contribution in [2.24, 2.45) is 0 Å². The van der Waals surface area contributed by atoms with Crippen LogP contribution in [0.5, 0.6) is 5.75 Å². The second kappa shape index (κ2) is 9.36. The fourth-order valence-electron chi connectivity index (χ4n) is 3.07. The highest BCUT2D eigenvalue weighted by molar-refractivity contribution is 8.18. The number of carbonyl (C=O) groups is 2. The minimum Gasteiger partial charge on any atom is -0.492 e. The Morgan fingerprint density at radius 3 is 2.55 bits per heavy atom. The third-order valence-corrected chi connectivity index (χ3v) is 5.89. The van der Waals surface area contributed by atoms with E-state index < -0.39 is 27.9 Å². The SMILES string of the molecule is O=C1S/C(=C\c2ccc(-c3ccc(Cl)c(C(F)(F)F)c3)o2)C(=O)N1CCOc1ccccc1. The Balaban J connectivity index is 1.46. The first-order valence-corrected chi connectivity index (χ1v) is 10.8. The minimum absolute atomic E-state index is 0.0747. The third kappa shape index (κ3) is 5.26. The first kappa shape index (κ1) is 23.0. The van der Waals surface area contributed by atoms with Crippen molar-refractivity contribution in [2.45, 2.75) is 6.18 Å². The lowest BCUT2D eigenvalue weighted by Gasteiger charge is -2.13. The smallest absolute Gasteiger partial charge is 0.417 e. The molecular weight excluding hydrogens is 479 g/mol. The van der Waals surface area contributed by atoms with E-state index in [1.54, 1.807) is 12.1 Å². The summed E-state index contributed by atoms with van der Waals surface area (Å²) < 4.78 is 50.5. The van der Waals surface area contributed by atoms with Gasteiger partial charge in [-0.05, 0) is 54.2 Å². The van der Waals surface area contributed by atoms with E-state index in [-0.39, 0.29) is 35.1 Å². The lowest BCUT2D eigenvalue weighted by atomic mass is 10.1. The second-order valence-corrected chi connectivity index (χ2v) is 8.29. The van der Waals surface area contributed by atoms with E-state index in [0.29, 0.717) is 5.75 Å². The number of alkyl halides is 3. The number of para-hydroxylation sites is 1. The Morgan fingerprint density at radius 2 is 1.82 bits per heavy atom. The second-order valence-electron chi connectivity index (χ2n) is 6.89. The molecule has 1 aliphatic rings. The summed E-state index contributed by atoms with van der Waals surface area (Å²) in [5.74, 6) is 0.517. The molecule has 1 saturated heterocycles. The van der Waals surface area contributed by atoms with Gasteiger partial charge in [-0.15, -0.1) is 0 Å². The molecule has 2 amide bonds. The first-order valence-electron chi connectivity index (χ1n) is 9.62. The van der Waals surface area contributed by atoms with E-state index in [2.05, 4.69) is 0 Å². The summed E-state index contributed by atoms with van der Waals surface area (Å²) >= 11 is 6.41. The Kier molecular flexibility index (Phi) is 6.53. The summed E-state index contributed by atoms with van der Waals surface area (Å²) in [5.41, 5.74) is -0.795. The number of hydrogen-bond donors (Lipinski definition) is 0. The van der Waals surface area contributed by atoms with E-state index in [0.717, 1.165) is 28.8 Å². The van der Waals surface area contributed by atoms with Gasteiger partial charge in [-0.3, -0.25) is 14.5 Å². The van der Waals surface area contributed by atoms with Crippen molar-refractivity contribution in [3.8, 4) is 17.1 Å². The monoisotopic (exact) mass is 493 g/mol. The molecule has 2 heterocycles. The van der Waals surface area contributed by atoms with E-state index in [1.165, 1.54) is 24.3 Å². The number of halogens is 4. The average molecular weight is 494 g/mol. The van der Waals surface area contributed by atoms with Crippen LogP contribution >= 0.6 is 23.4 Å². The Bertz CT molecular complexity index is 1220. The lowest BCUT2D eigenvalue weighted by Crippen LogP contribution is -2.32. The van der Waals surface area contributed by atoms with Crippen molar-refractivity contribution >= 4 is 40.6 Å². The Morgan fingerprint density at radius 1 is 1.06 bits per heavy atom. The predicted octanol–water partition coefficient (Wildman–Crippen LogP) is 6.73. The van der Waals surface area contributed by atoms with E-state index in [9.17, 15) is 22.8 Å². The fraction of sp³-hybridized carbons (Fsp3) is 0.130. The molecule has 0 atom stereocenters. The summed E-state index contributed by atoms with van der Waals surface area (Å²) in [6, 6.07) is 15.4. The molecule has 5 nitrogen and oxygen atoms in total. The molecule has 0 saturated carbocycles. The molecule has 1 fully saturated rings. The van der Waals surface area contributed by atoms with Crippen LogP contribution in [0, 0.1) is 0 Å². The Labute approximate surface area is 195 Å². The van der Waals surface area contributed by atoms with Gasteiger partial charge in [-0.2, -0.15) is 13.2 Å². The van der Waals surface area contributed by atoms with Crippen molar-refractivity contribution < 1.29 is 31.9 Å². The first-order chi connectivity index (χ1) is 15.7. The van der Waals surface area contributed by atoms with Gasteiger partial charge in [-0.25, -0.2) is 0 Å². The van der Waals surface area contributed by atoms with Gasteiger partial charge in [0.25, 0.3) is 11.1 Å². The molecule has 1 aromatic heterocycles. The molecule has 1 aliphatic heterocycles. The number of imide groups is 1. The normalized spacial score (nSPS) is 15.5. The van der Waals surface area contributed by atoms with Crippen LogP contribution in [-0.4, -0.2) is 29.2 Å². The molecular formula is C23H15ClF3NO4S. The van der Waals surface area contributed by atoms with Crippen molar-refractivity contribution in [3.05, 3.63) is 81.9 Å². The van der Waals surface area contributed by atoms with Crippen LogP contribution in [0.15, 0.2) is 70.0 Å². The van der Waals surface area contributed by atoms with Gasteiger partial charge in [0.05, 0.1) is 22.0 Å².